The van der Waals surface area contributed by atoms with Crippen LogP contribution in [0.2, 0.25) is 0 Å². The van der Waals surface area contributed by atoms with Crippen LogP contribution in [0.4, 0.5) is 4.79 Å². The number of urea groups is 1. The van der Waals surface area contributed by atoms with E-state index in [9.17, 15) is 9.59 Å². The van der Waals surface area contributed by atoms with Crippen LogP contribution in [0.15, 0.2) is 31.0 Å². The van der Waals surface area contributed by atoms with Crippen LogP contribution < -0.4 is 10.6 Å². The van der Waals surface area contributed by atoms with Crippen molar-refractivity contribution in [3.8, 4) is 11.5 Å². The first kappa shape index (κ1) is 14.6. The molecule has 0 radical (unpaired) electrons. The van der Waals surface area contributed by atoms with Crippen LogP contribution in [-0.4, -0.2) is 38.0 Å². The Morgan fingerprint density at radius 2 is 2.10 bits per heavy atom. The second-order valence-corrected chi connectivity index (χ2v) is 4.27. The summed E-state index contributed by atoms with van der Waals surface area (Å²) in [7, 11) is 0. The first-order valence-corrected chi connectivity index (χ1v) is 6.56. The first-order chi connectivity index (χ1) is 10.2. The maximum atomic E-state index is 11.8. The first-order valence-electron chi connectivity index (χ1n) is 6.56. The van der Waals surface area contributed by atoms with Gasteiger partial charge in [-0.05, 0) is 6.42 Å². The van der Waals surface area contributed by atoms with Crippen molar-refractivity contribution >= 4 is 11.9 Å². The second kappa shape index (κ2) is 7.13. The molecule has 21 heavy (non-hydrogen) atoms. The van der Waals surface area contributed by atoms with Crippen LogP contribution in [0.5, 0.6) is 0 Å². The monoisotopic (exact) mass is 288 g/mol. The van der Waals surface area contributed by atoms with E-state index < -0.39 is 11.9 Å². The van der Waals surface area contributed by atoms with E-state index in [0.29, 0.717) is 18.1 Å². The summed E-state index contributed by atoms with van der Waals surface area (Å²) in [5.74, 6) is 0.0963. The minimum Gasteiger partial charge on any atom is -0.338 e. The van der Waals surface area contributed by atoms with E-state index in [4.69, 9.17) is 0 Å². The summed E-state index contributed by atoms with van der Waals surface area (Å²) in [6, 6.07) is -0.497. The van der Waals surface area contributed by atoms with Gasteiger partial charge in [0.15, 0.2) is 5.82 Å². The molecule has 0 aromatic carbocycles. The molecule has 2 rings (SSSR count). The zero-order valence-corrected chi connectivity index (χ0v) is 11.6. The van der Waals surface area contributed by atoms with Gasteiger partial charge < -0.3 is 9.88 Å². The molecule has 2 aromatic rings. The van der Waals surface area contributed by atoms with Crippen LogP contribution >= 0.6 is 0 Å². The van der Waals surface area contributed by atoms with Crippen LogP contribution in [0.3, 0.4) is 0 Å². The maximum absolute atomic E-state index is 11.8. The van der Waals surface area contributed by atoms with Gasteiger partial charge in [0.2, 0.25) is 5.91 Å². The molecule has 0 aliphatic carbocycles. The van der Waals surface area contributed by atoms with Gasteiger partial charge in [-0.3, -0.25) is 15.1 Å². The molecule has 3 amide bonds. The van der Waals surface area contributed by atoms with E-state index in [-0.39, 0.29) is 6.54 Å². The Hall–Kier alpha value is -2.77. The third kappa shape index (κ3) is 4.10. The second-order valence-electron chi connectivity index (χ2n) is 4.27. The van der Waals surface area contributed by atoms with Gasteiger partial charge in [0, 0.05) is 31.3 Å². The van der Waals surface area contributed by atoms with Crippen molar-refractivity contribution < 1.29 is 9.59 Å². The highest BCUT2D eigenvalue weighted by atomic mass is 16.2. The van der Waals surface area contributed by atoms with E-state index in [0.717, 1.165) is 6.42 Å². The van der Waals surface area contributed by atoms with E-state index >= 15 is 0 Å². The Kier molecular flexibility index (Phi) is 4.97. The highest BCUT2D eigenvalue weighted by Gasteiger charge is 2.12. The van der Waals surface area contributed by atoms with E-state index in [2.05, 4.69) is 25.6 Å². The highest BCUT2D eigenvalue weighted by molar-refractivity contribution is 5.94. The van der Waals surface area contributed by atoms with Crippen molar-refractivity contribution in [1.82, 2.24) is 30.2 Å². The number of carbonyl (C=O) groups is 2. The summed E-state index contributed by atoms with van der Waals surface area (Å²) in [4.78, 5) is 35.5. The Balaban J connectivity index is 1.99. The van der Waals surface area contributed by atoms with Crippen LogP contribution in [0.25, 0.3) is 11.5 Å². The predicted octanol–water partition coefficient (Wildman–Crippen LogP) is 0.576. The number of imide groups is 1. The molecule has 0 aliphatic rings. The molecule has 8 heteroatoms. The lowest BCUT2D eigenvalue weighted by Gasteiger charge is -2.08. The number of hydrogen-bond donors (Lipinski definition) is 2. The van der Waals surface area contributed by atoms with Crippen LogP contribution in [0.1, 0.15) is 13.3 Å². The zero-order valence-electron chi connectivity index (χ0n) is 11.6. The fourth-order valence-corrected chi connectivity index (χ4v) is 1.69. The molecule has 0 bridgehead atoms. The van der Waals surface area contributed by atoms with Crippen LogP contribution in [-0.2, 0) is 11.3 Å². The molecule has 0 saturated carbocycles. The Bertz CT molecular complexity index is 610. The number of hydrogen-bond acceptors (Lipinski definition) is 5. The third-order valence-electron chi connectivity index (χ3n) is 2.61. The Morgan fingerprint density at radius 1 is 1.24 bits per heavy atom. The molecule has 0 saturated heterocycles. The van der Waals surface area contributed by atoms with Gasteiger partial charge >= 0.3 is 6.03 Å². The molecule has 2 aromatic heterocycles. The molecule has 8 nitrogen and oxygen atoms in total. The molecule has 0 aliphatic heterocycles. The summed E-state index contributed by atoms with van der Waals surface area (Å²) < 4.78 is 1.60. The van der Waals surface area contributed by atoms with Crippen molar-refractivity contribution in [2.24, 2.45) is 0 Å². The fourth-order valence-electron chi connectivity index (χ4n) is 1.69. The number of nitrogens with one attached hydrogen (secondary N) is 2. The van der Waals surface area contributed by atoms with Gasteiger partial charge in [0.25, 0.3) is 0 Å². The van der Waals surface area contributed by atoms with Gasteiger partial charge in [-0.2, -0.15) is 0 Å². The quantitative estimate of drug-likeness (QED) is 0.837. The van der Waals surface area contributed by atoms with Crippen molar-refractivity contribution in [3.63, 3.8) is 0 Å². The molecule has 0 spiro atoms. The lowest BCUT2D eigenvalue weighted by Crippen LogP contribution is -2.41. The van der Waals surface area contributed by atoms with Gasteiger partial charge in [0.1, 0.15) is 12.2 Å². The normalized spacial score (nSPS) is 10.1. The number of nitrogens with zero attached hydrogens (tertiary/aromatic N) is 4. The highest BCUT2D eigenvalue weighted by Crippen LogP contribution is 2.12. The topological polar surface area (TPSA) is 102 Å². The third-order valence-corrected chi connectivity index (χ3v) is 2.61. The van der Waals surface area contributed by atoms with E-state index in [1.807, 2.05) is 6.92 Å². The Morgan fingerprint density at radius 3 is 2.81 bits per heavy atom. The molecule has 0 unspecified atom stereocenters. The zero-order chi connectivity index (χ0) is 15.1. The fraction of sp³-hybridized carbons (Fsp3) is 0.308. The molecular weight excluding hydrogens is 272 g/mol. The van der Waals surface area contributed by atoms with Gasteiger partial charge in [-0.15, -0.1) is 0 Å². The smallest absolute Gasteiger partial charge is 0.321 e. The molecule has 0 fully saturated rings. The lowest BCUT2D eigenvalue weighted by atomic mass is 10.4. The number of carbonyl (C=O) groups excluding carboxylic acids is 2. The van der Waals surface area contributed by atoms with Crippen molar-refractivity contribution in [3.05, 3.63) is 31.0 Å². The SMILES string of the molecule is CCCNC(=O)NC(=O)Cn1ccnc1-c1cnccn1. The summed E-state index contributed by atoms with van der Waals surface area (Å²) in [6.45, 7) is 2.43. The van der Waals surface area contributed by atoms with Gasteiger partial charge in [-0.25, -0.2) is 14.8 Å². The summed E-state index contributed by atoms with van der Waals surface area (Å²) in [6.07, 6.45) is 8.68. The Labute approximate surface area is 121 Å². The van der Waals surface area contributed by atoms with E-state index in [1.54, 1.807) is 35.6 Å². The summed E-state index contributed by atoms with van der Waals surface area (Å²) >= 11 is 0. The number of amides is 3. The summed E-state index contributed by atoms with van der Waals surface area (Å²) in [5, 5.41) is 4.83. The minimum absolute atomic E-state index is 0.0224. The predicted molar refractivity (Wildman–Crippen MR) is 75.1 cm³/mol. The van der Waals surface area contributed by atoms with E-state index in [1.165, 1.54) is 0 Å². The summed E-state index contributed by atoms with van der Waals surface area (Å²) in [5.41, 5.74) is 0.561. The number of aromatic nitrogens is 4. The largest absolute Gasteiger partial charge is 0.338 e. The van der Waals surface area contributed by atoms with Crippen molar-refractivity contribution in [2.45, 2.75) is 19.9 Å². The van der Waals surface area contributed by atoms with Crippen LogP contribution in [0, 0.1) is 0 Å². The molecule has 2 N–H and O–H groups in total. The minimum atomic E-state index is -0.497. The van der Waals surface area contributed by atoms with Gasteiger partial charge in [0.05, 0.1) is 6.20 Å². The van der Waals surface area contributed by atoms with Crippen molar-refractivity contribution in [1.29, 1.82) is 0 Å². The maximum Gasteiger partial charge on any atom is 0.321 e. The number of rotatable bonds is 5. The standard InChI is InChI=1S/C13H16N6O2/c1-2-3-17-13(21)18-11(20)9-19-7-6-16-12(19)10-8-14-4-5-15-10/h4-8H,2-3,9H2,1H3,(H2,17,18,20,21). The molecule has 2 heterocycles. The van der Waals surface area contributed by atoms with Crippen molar-refractivity contribution in [2.75, 3.05) is 6.54 Å². The van der Waals surface area contributed by atoms with Gasteiger partial charge in [-0.1, -0.05) is 6.92 Å². The molecule has 0 atom stereocenters. The average Bonchev–Trinajstić information content (AvgIpc) is 2.94. The number of imidazole rings is 1. The molecular formula is C13H16N6O2. The molecule has 110 valence electrons. The average molecular weight is 288 g/mol. The lowest BCUT2D eigenvalue weighted by molar-refractivity contribution is -0.120.